The van der Waals surface area contributed by atoms with Gasteiger partial charge in [-0.2, -0.15) is 0 Å². The molecule has 4 rings (SSSR count). The lowest BCUT2D eigenvalue weighted by Crippen LogP contribution is -2.59. The summed E-state index contributed by atoms with van der Waals surface area (Å²) in [5.41, 5.74) is 0.948. The molecule has 0 aromatic carbocycles. The molecule has 0 amide bonds. The Morgan fingerprint density at radius 2 is 1.76 bits per heavy atom. The van der Waals surface area contributed by atoms with Gasteiger partial charge < -0.3 is 18.6 Å². The van der Waals surface area contributed by atoms with Gasteiger partial charge in [0.15, 0.2) is 0 Å². The van der Waals surface area contributed by atoms with E-state index < -0.39 is 17.1 Å². The zero-order valence-electron chi connectivity index (χ0n) is 18.4. The Kier molecular flexibility index (Phi) is 4.65. The molecule has 0 N–H and O–H groups in total. The van der Waals surface area contributed by atoms with Crippen molar-refractivity contribution in [3.8, 4) is 0 Å². The molecule has 0 radical (unpaired) electrons. The van der Waals surface area contributed by atoms with Gasteiger partial charge in [-0.15, -0.1) is 0 Å². The molecular weight excluding hydrogens is 372 g/mol. The molecule has 1 aliphatic heterocycles. The standard InChI is InChI=1S/C23H32O6/c1-11(2)20(24)27-15-8-17-23(29-17)9-16-18(13(5)10-26-16)19(22(23,7)14(15)6)28-21(25)12(3)4/h10-12,14-15,17,19H,8-9H2,1-7H3/t14-,15+,17-,19-,22+,23-/m1/s1. The van der Waals surface area contributed by atoms with E-state index in [1.54, 1.807) is 6.26 Å². The number of esters is 2. The van der Waals surface area contributed by atoms with E-state index in [9.17, 15) is 9.59 Å². The average molecular weight is 405 g/mol. The molecule has 1 saturated carbocycles. The van der Waals surface area contributed by atoms with Crippen LogP contribution in [-0.2, 0) is 30.2 Å². The summed E-state index contributed by atoms with van der Waals surface area (Å²) in [5, 5.41) is 0. The first kappa shape index (κ1) is 20.5. The predicted octanol–water partition coefficient (Wildman–Crippen LogP) is 4.14. The van der Waals surface area contributed by atoms with Crippen LogP contribution in [0.3, 0.4) is 0 Å². The van der Waals surface area contributed by atoms with Crippen LogP contribution < -0.4 is 0 Å². The van der Waals surface area contributed by atoms with Crippen molar-refractivity contribution in [3.05, 3.63) is 23.2 Å². The zero-order chi connectivity index (χ0) is 21.3. The lowest BCUT2D eigenvalue weighted by atomic mass is 9.53. The van der Waals surface area contributed by atoms with E-state index in [0.29, 0.717) is 12.8 Å². The highest BCUT2D eigenvalue weighted by atomic mass is 16.6. The second kappa shape index (κ2) is 6.59. The van der Waals surface area contributed by atoms with Crippen molar-refractivity contribution in [1.82, 2.24) is 0 Å². The molecule has 6 atom stereocenters. The minimum atomic E-state index is -0.524. The second-order valence-corrected chi connectivity index (χ2v) is 9.84. The molecule has 6 heteroatoms. The van der Waals surface area contributed by atoms with Crippen LogP contribution in [0.1, 0.15) is 71.0 Å². The molecule has 0 unspecified atom stereocenters. The van der Waals surface area contributed by atoms with Gasteiger partial charge in [-0.05, 0) is 12.5 Å². The van der Waals surface area contributed by atoms with Crippen LogP contribution in [0.4, 0.5) is 0 Å². The first-order chi connectivity index (χ1) is 13.5. The van der Waals surface area contributed by atoms with Crippen molar-refractivity contribution in [2.45, 2.75) is 85.2 Å². The number of hydrogen-bond donors (Lipinski definition) is 0. The van der Waals surface area contributed by atoms with Gasteiger partial charge in [0.05, 0.1) is 24.2 Å². The Bertz CT molecular complexity index is 838. The maximum absolute atomic E-state index is 12.7. The Hall–Kier alpha value is -1.82. The zero-order valence-corrected chi connectivity index (χ0v) is 18.4. The summed E-state index contributed by atoms with van der Waals surface area (Å²) in [6, 6.07) is 0. The number of epoxide rings is 1. The third-order valence-corrected chi connectivity index (χ3v) is 7.45. The maximum atomic E-state index is 12.7. The Labute approximate surface area is 172 Å². The van der Waals surface area contributed by atoms with Crippen molar-refractivity contribution >= 4 is 11.9 Å². The van der Waals surface area contributed by atoms with Gasteiger partial charge in [-0.1, -0.05) is 41.5 Å². The number of fused-ring (bicyclic) bond motifs is 1. The first-order valence-electron chi connectivity index (χ1n) is 10.7. The molecule has 1 aromatic rings. The third kappa shape index (κ3) is 2.78. The van der Waals surface area contributed by atoms with E-state index >= 15 is 0 Å². The van der Waals surface area contributed by atoms with Crippen molar-refractivity contribution in [3.63, 3.8) is 0 Å². The van der Waals surface area contributed by atoms with Crippen LogP contribution in [0.25, 0.3) is 0 Å². The quantitative estimate of drug-likeness (QED) is 0.554. The highest BCUT2D eigenvalue weighted by Crippen LogP contribution is 2.70. The first-order valence-corrected chi connectivity index (χ1v) is 10.7. The van der Waals surface area contributed by atoms with Crippen molar-refractivity contribution in [2.75, 3.05) is 0 Å². The van der Waals surface area contributed by atoms with E-state index in [0.717, 1.165) is 16.9 Å². The van der Waals surface area contributed by atoms with Crippen LogP contribution in [0, 0.1) is 30.1 Å². The summed E-state index contributed by atoms with van der Waals surface area (Å²) in [6.07, 6.45) is 2.24. The summed E-state index contributed by atoms with van der Waals surface area (Å²) in [5.74, 6) is -0.0805. The molecule has 2 fully saturated rings. The minimum absolute atomic E-state index is 0.0347. The van der Waals surface area contributed by atoms with Gasteiger partial charge >= 0.3 is 11.9 Å². The summed E-state index contributed by atoms with van der Waals surface area (Å²) in [7, 11) is 0. The monoisotopic (exact) mass is 404 g/mol. The largest absolute Gasteiger partial charge is 0.469 e. The van der Waals surface area contributed by atoms with Gasteiger partial charge in [0, 0.05) is 29.7 Å². The predicted molar refractivity (Wildman–Crippen MR) is 105 cm³/mol. The molecule has 3 aliphatic rings. The fraction of sp³-hybridized carbons (Fsp3) is 0.739. The van der Waals surface area contributed by atoms with Crippen LogP contribution >= 0.6 is 0 Å². The molecule has 1 spiro atoms. The SMILES string of the molecule is Cc1coc2c1[C@@H](OC(=O)C(C)C)[C@]1(C)[C@H](C)[C@@H](OC(=O)C(C)C)C[C@H]3O[C@]31C2. The van der Waals surface area contributed by atoms with Gasteiger partial charge in [0.25, 0.3) is 0 Å². The minimum Gasteiger partial charge on any atom is -0.469 e. The molecule has 2 aliphatic carbocycles. The summed E-state index contributed by atoms with van der Waals surface area (Å²) >= 11 is 0. The number of furan rings is 1. The third-order valence-electron chi connectivity index (χ3n) is 7.45. The number of rotatable bonds is 4. The molecule has 29 heavy (non-hydrogen) atoms. The van der Waals surface area contributed by atoms with Crippen molar-refractivity contribution in [1.29, 1.82) is 0 Å². The average Bonchev–Trinajstić information content (AvgIpc) is 3.23. The highest BCUT2D eigenvalue weighted by molar-refractivity contribution is 5.72. The second-order valence-electron chi connectivity index (χ2n) is 9.84. The van der Waals surface area contributed by atoms with Crippen LogP contribution in [-0.4, -0.2) is 29.7 Å². The number of ether oxygens (including phenoxy) is 3. The fourth-order valence-corrected chi connectivity index (χ4v) is 5.33. The normalized spacial score (nSPS) is 37.6. The number of hydrogen-bond acceptors (Lipinski definition) is 6. The Balaban J connectivity index is 1.77. The summed E-state index contributed by atoms with van der Waals surface area (Å²) in [6.45, 7) is 13.5. The van der Waals surface area contributed by atoms with E-state index in [1.807, 2.05) is 34.6 Å². The van der Waals surface area contributed by atoms with Gasteiger partial charge in [0.2, 0.25) is 0 Å². The van der Waals surface area contributed by atoms with Gasteiger partial charge in [-0.3, -0.25) is 9.59 Å². The van der Waals surface area contributed by atoms with E-state index in [2.05, 4.69) is 13.8 Å². The van der Waals surface area contributed by atoms with Crippen LogP contribution in [0.5, 0.6) is 0 Å². The molecule has 0 bridgehead atoms. The van der Waals surface area contributed by atoms with Crippen molar-refractivity contribution in [2.24, 2.45) is 23.2 Å². The number of carbonyl (C=O) groups is 2. The van der Waals surface area contributed by atoms with E-state index in [4.69, 9.17) is 18.6 Å². The smallest absolute Gasteiger partial charge is 0.309 e. The molecular formula is C23H32O6. The molecule has 1 aromatic heterocycles. The maximum Gasteiger partial charge on any atom is 0.309 e. The number of carbonyl (C=O) groups excluding carboxylic acids is 2. The molecule has 2 heterocycles. The highest BCUT2D eigenvalue weighted by Gasteiger charge is 2.78. The van der Waals surface area contributed by atoms with Gasteiger partial charge in [-0.25, -0.2) is 0 Å². The lowest BCUT2D eigenvalue weighted by Gasteiger charge is -2.52. The van der Waals surface area contributed by atoms with Crippen molar-refractivity contribution < 1.29 is 28.2 Å². The lowest BCUT2D eigenvalue weighted by molar-refractivity contribution is -0.187. The molecule has 1 saturated heterocycles. The Morgan fingerprint density at radius 1 is 1.14 bits per heavy atom. The van der Waals surface area contributed by atoms with Crippen LogP contribution in [0.2, 0.25) is 0 Å². The number of aryl methyl sites for hydroxylation is 1. The topological polar surface area (TPSA) is 78.3 Å². The molecule has 160 valence electrons. The van der Waals surface area contributed by atoms with E-state index in [-0.39, 0.29) is 41.9 Å². The van der Waals surface area contributed by atoms with E-state index in [1.165, 1.54) is 0 Å². The Morgan fingerprint density at radius 3 is 2.38 bits per heavy atom. The summed E-state index contributed by atoms with van der Waals surface area (Å²) in [4.78, 5) is 25.0. The molecule has 6 nitrogen and oxygen atoms in total. The summed E-state index contributed by atoms with van der Waals surface area (Å²) < 4.78 is 24.2. The van der Waals surface area contributed by atoms with Crippen LogP contribution in [0.15, 0.2) is 10.7 Å². The fourth-order valence-electron chi connectivity index (χ4n) is 5.33. The van der Waals surface area contributed by atoms with Gasteiger partial charge in [0.1, 0.15) is 23.6 Å².